The molecule has 1 aromatic rings. The van der Waals surface area contributed by atoms with E-state index < -0.39 is 5.82 Å². The largest absolute Gasteiger partial charge is 0.341 e. The lowest BCUT2D eigenvalue weighted by molar-refractivity contribution is -0.128. The number of hydrogen-bond donors (Lipinski definition) is 0. The van der Waals surface area contributed by atoms with Gasteiger partial charge in [0.15, 0.2) is 0 Å². The van der Waals surface area contributed by atoms with Gasteiger partial charge in [-0.2, -0.15) is 0 Å². The molecule has 20 heavy (non-hydrogen) atoms. The Morgan fingerprint density at radius 3 is 2.50 bits per heavy atom. The zero-order valence-corrected chi connectivity index (χ0v) is 12.8. The van der Waals surface area contributed by atoms with Crippen molar-refractivity contribution >= 4 is 27.7 Å². The zero-order chi connectivity index (χ0) is 14.7. The summed E-state index contributed by atoms with van der Waals surface area (Å²) < 4.78 is 14.4. The molecule has 1 aliphatic rings. The summed E-state index contributed by atoms with van der Waals surface area (Å²) in [7, 11) is 0. The Bertz CT molecular complexity index is 536. The number of rotatable bonds is 1. The Hall–Kier alpha value is -1.43. The summed E-state index contributed by atoms with van der Waals surface area (Å²) in [5.74, 6) is -0.840. The van der Waals surface area contributed by atoms with Gasteiger partial charge < -0.3 is 9.80 Å². The average Bonchev–Trinajstić information content (AvgIpc) is 2.66. The number of benzene rings is 1. The van der Waals surface area contributed by atoms with E-state index in [0.29, 0.717) is 37.1 Å². The van der Waals surface area contributed by atoms with Gasteiger partial charge in [0.25, 0.3) is 5.91 Å². The van der Waals surface area contributed by atoms with Gasteiger partial charge in [0.05, 0.1) is 5.56 Å². The molecule has 1 saturated heterocycles. The smallest absolute Gasteiger partial charge is 0.256 e. The molecule has 108 valence electrons. The third-order valence-electron chi connectivity index (χ3n) is 3.39. The molecule has 0 aliphatic carbocycles. The van der Waals surface area contributed by atoms with E-state index in [1.807, 2.05) is 0 Å². The van der Waals surface area contributed by atoms with Crippen LogP contribution in [0.4, 0.5) is 4.39 Å². The lowest BCUT2D eigenvalue weighted by Gasteiger charge is -2.21. The van der Waals surface area contributed by atoms with Crippen LogP contribution in [0.1, 0.15) is 23.7 Å². The SMILES string of the molecule is CC(=O)N1CCCN(C(=O)c2cc(Br)ccc2F)CC1. The minimum Gasteiger partial charge on any atom is -0.341 e. The van der Waals surface area contributed by atoms with Crippen molar-refractivity contribution in [3.63, 3.8) is 0 Å². The molecule has 6 heteroatoms. The second-order valence-corrected chi connectivity index (χ2v) is 5.69. The maximum absolute atomic E-state index is 13.7. The van der Waals surface area contributed by atoms with Gasteiger partial charge in [-0.15, -0.1) is 0 Å². The number of hydrogen-bond acceptors (Lipinski definition) is 2. The van der Waals surface area contributed by atoms with Crippen molar-refractivity contribution in [3.8, 4) is 0 Å². The van der Waals surface area contributed by atoms with Crippen molar-refractivity contribution in [1.29, 1.82) is 0 Å². The van der Waals surface area contributed by atoms with Gasteiger partial charge in [-0.05, 0) is 24.6 Å². The highest BCUT2D eigenvalue weighted by molar-refractivity contribution is 9.10. The highest BCUT2D eigenvalue weighted by Crippen LogP contribution is 2.18. The molecule has 0 radical (unpaired) electrons. The van der Waals surface area contributed by atoms with Gasteiger partial charge >= 0.3 is 0 Å². The Morgan fingerprint density at radius 2 is 1.80 bits per heavy atom. The van der Waals surface area contributed by atoms with Gasteiger partial charge in [-0.1, -0.05) is 15.9 Å². The number of carbonyl (C=O) groups is 2. The predicted molar refractivity (Wildman–Crippen MR) is 76.9 cm³/mol. The number of amides is 2. The zero-order valence-electron chi connectivity index (χ0n) is 11.2. The maximum Gasteiger partial charge on any atom is 0.256 e. The van der Waals surface area contributed by atoms with E-state index in [1.165, 1.54) is 19.1 Å². The van der Waals surface area contributed by atoms with Gasteiger partial charge in [-0.3, -0.25) is 9.59 Å². The van der Waals surface area contributed by atoms with Crippen LogP contribution in [0.25, 0.3) is 0 Å². The summed E-state index contributed by atoms with van der Waals surface area (Å²) in [6, 6.07) is 4.33. The molecule has 1 fully saturated rings. The molecule has 1 heterocycles. The molecule has 0 spiro atoms. The highest BCUT2D eigenvalue weighted by Gasteiger charge is 2.23. The van der Waals surface area contributed by atoms with Crippen LogP contribution in [0.2, 0.25) is 0 Å². The van der Waals surface area contributed by atoms with E-state index >= 15 is 0 Å². The Balaban J connectivity index is 2.13. The fourth-order valence-electron chi connectivity index (χ4n) is 2.27. The first-order valence-electron chi connectivity index (χ1n) is 6.49. The summed E-state index contributed by atoms with van der Waals surface area (Å²) in [4.78, 5) is 27.0. The van der Waals surface area contributed by atoms with Crippen LogP contribution in [-0.4, -0.2) is 47.8 Å². The Kier molecular flexibility index (Phi) is 4.75. The first-order chi connectivity index (χ1) is 9.49. The van der Waals surface area contributed by atoms with Gasteiger partial charge in [0, 0.05) is 37.6 Å². The summed E-state index contributed by atoms with van der Waals surface area (Å²) in [6.45, 7) is 3.63. The van der Waals surface area contributed by atoms with Crippen molar-refractivity contribution in [3.05, 3.63) is 34.1 Å². The van der Waals surface area contributed by atoms with Crippen LogP contribution in [-0.2, 0) is 4.79 Å². The van der Waals surface area contributed by atoms with Crippen molar-refractivity contribution < 1.29 is 14.0 Å². The van der Waals surface area contributed by atoms with E-state index in [1.54, 1.807) is 15.9 Å². The van der Waals surface area contributed by atoms with E-state index in [2.05, 4.69) is 15.9 Å². The van der Waals surface area contributed by atoms with Gasteiger partial charge in [0.1, 0.15) is 5.82 Å². The quantitative estimate of drug-likeness (QED) is 0.785. The fourth-order valence-corrected chi connectivity index (χ4v) is 2.63. The Morgan fingerprint density at radius 1 is 1.15 bits per heavy atom. The van der Waals surface area contributed by atoms with E-state index in [9.17, 15) is 14.0 Å². The third kappa shape index (κ3) is 3.36. The molecular formula is C14H16BrFN2O2. The summed E-state index contributed by atoms with van der Waals surface area (Å²) in [6.07, 6.45) is 0.709. The number of carbonyl (C=O) groups excluding carboxylic acids is 2. The maximum atomic E-state index is 13.7. The van der Waals surface area contributed by atoms with Gasteiger partial charge in [-0.25, -0.2) is 4.39 Å². The molecule has 2 rings (SSSR count). The second-order valence-electron chi connectivity index (χ2n) is 4.78. The average molecular weight is 343 g/mol. The highest BCUT2D eigenvalue weighted by atomic mass is 79.9. The molecule has 0 N–H and O–H groups in total. The van der Waals surface area contributed by atoms with E-state index in [4.69, 9.17) is 0 Å². The minimum absolute atomic E-state index is 0.00735. The fraction of sp³-hybridized carbons (Fsp3) is 0.429. The molecule has 4 nitrogen and oxygen atoms in total. The lowest BCUT2D eigenvalue weighted by Crippen LogP contribution is -2.36. The molecule has 1 aromatic carbocycles. The molecule has 0 aromatic heterocycles. The summed E-state index contributed by atoms with van der Waals surface area (Å²) in [5.41, 5.74) is 0.0654. The van der Waals surface area contributed by atoms with Crippen molar-refractivity contribution in [2.45, 2.75) is 13.3 Å². The topological polar surface area (TPSA) is 40.6 Å². The number of halogens is 2. The third-order valence-corrected chi connectivity index (χ3v) is 3.88. The Labute approximate surface area is 125 Å². The van der Waals surface area contributed by atoms with Crippen LogP contribution >= 0.6 is 15.9 Å². The van der Waals surface area contributed by atoms with Crippen LogP contribution in [0, 0.1) is 5.82 Å². The molecule has 1 aliphatic heterocycles. The summed E-state index contributed by atoms with van der Waals surface area (Å²) in [5, 5.41) is 0. The molecule has 0 atom stereocenters. The minimum atomic E-state index is -0.522. The van der Waals surface area contributed by atoms with Crippen LogP contribution in [0.5, 0.6) is 0 Å². The normalized spacial score (nSPS) is 15.9. The molecule has 0 saturated carbocycles. The van der Waals surface area contributed by atoms with Crippen molar-refractivity contribution in [1.82, 2.24) is 9.80 Å². The second kappa shape index (κ2) is 6.35. The standard InChI is InChI=1S/C14H16BrFN2O2/c1-10(19)17-5-2-6-18(8-7-17)14(20)12-9-11(15)3-4-13(12)16/h3-4,9H,2,5-8H2,1H3. The van der Waals surface area contributed by atoms with Gasteiger partial charge in [0.2, 0.25) is 5.91 Å². The van der Waals surface area contributed by atoms with Crippen LogP contribution in [0.15, 0.2) is 22.7 Å². The predicted octanol–water partition coefficient (Wildman–Crippen LogP) is 2.28. The lowest BCUT2D eigenvalue weighted by atomic mass is 10.2. The van der Waals surface area contributed by atoms with Crippen LogP contribution < -0.4 is 0 Å². The first kappa shape index (κ1) is 15.0. The summed E-state index contributed by atoms with van der Waals surface area (Å²) >= 11 is 3.24. The van der Waals surface area contributed by atoms with Crippen LogP contribution in [0.3, 0.4) is 0 Å². The molecule has 0 unspecified atom stereocenters. The van der Waals surface area contributed by atoms with E-state index in [-0.39, 0.29) is 17.4 Å². The molecule has 2 amide bonds. The molecule has 0 bridgehead atoms. The molecular weight excluding hydrogens is 327 g/mol. The van der Waals surface area contributed by atoms with E-state index in [0.717, 1.165) is 0 Å². The first-order valence-corrected chi connectivity index (χ1v) is 7.28. The monoisotopic (exact) mass is 342 g/mol. The number of nitrogens with zero attached hydrogens (tertiary/aromatic N) is 2. The van der Waals surface area contributed by atoms with Crippen molar-refractivity contribution in [2.24, 2.45) is 0 Å². The van der Waals surface area contributed by atoms with Crippen molar-refractivity contribution in [2.75, 3.05) is 26.2 Å².